The van der Waals surface area contributed by atoms with Crippen LogP contribution in [0.3, 0.4) is 0 Å². The van der Waals surface area contributed by atoms with E-state index in [-0.39, 0.29) is 16.8 Å². The van der Waals surface area contributed by atoms with Gasteiger partial charge in [-0.25, -0.2) is 37.3 Å². The number of rotatable bonds is 7. The van der Waals surface area contributed by atoms with Crippen molar-refractivity contribution < 1.29 is 74.5 Å². The van der Waals surface area contributed by atoms with Crippen LogP contribution in [0.1, 0.15) is 32.6 Å². The summed E-state index contributed by atoms with van der Waals surface area (Å²) in [5.74, 6) is 0. The van der Waals surface area contributed by atoms with Crippen LogP contribution in [0.25, 0.3) is 0 Å². The molecule has 0 aliphatic heterocycles. The van der Waals surface area contributed by atoms with Crippen molar-refractivity contribution in [3.63, 3.8) is 0 Å². The second-order valence-corrected chi connectivity index (χ2v) is 5.56. The molecule has 0 amide bonds. The van der Waals surface area contributed by atoms with Gasteiger partial charge in [0, 0.05) is 5.33 Å². The Morgan fingerprint density at radius 1 is 0.762 bits per heavy atom. The molecule has 0 fully saturated rings. The summed E-state index contributed by atoms with van der Waals surface area (Å²) < 4.78 is 67.9. The van der Waals surface area contributed by atoms with Crippen molar-refractivity contribution in [1.82, 2.24) is 5.32 Å². The molecule has 0 aliphatic carbocycles. The molecule has 1 radical (unpaired) electrons. The SMILES string of the molecule is CCCNCCCCCBr.[Co+2].[O-][Cl+3]([O-])([O-])[O-].[O-][Cl+3]([O-])([O-])[O-]. The van der Waals surface area contributed by atoms with E-state index in [4.69, 9.17) is 37.3 Å². The molecule has 0 unspecified atom stereocenters. The van der Waals surface area contributed by atoms with E-state index in [2.05, 4.69) is 28.2 Å². The van der Waals surface area contributed by atoms with Crippen LogP contribution in [0.15, 0.2) is 0 Å². The average molecular weight is 466 g/mol. The molecule has 0 rings (SSSR count). The summed E-state index contributed by atoms with van der Waals surface area (Å²) in [4.78, 5) is 0. The molecule has 0 atom stereocenters. The van der Waals surface area contributed by atoms with Gasteiger partial charge in [0.15, 0.2) is 0 Å². The quantitative estimate of drug-likeness (QED) is 0.280. The molecule has 0 saturated carbocycles. The zero-order valence-electron chi connectivity index (χ0n) is 11.2. The molecular formula is C8H18BrCl2CoNO8. The van der Waals surface area contributed by atoms with Gasteiger partial charge in [-0.05, 0) is 32.4 Å². The fraction of sp³-hybridized carbons (Fsp3) is 1.00. The molecule has 0 bridgehead atoms. The topological polar surface area (TPSA) is 197 Å². The van der Waals surface area contributed by atoms with E-state index < -0.39 is 20.5 Å². The zero-order valence-corrected chi connectivity index (χ0v) is 15.3. The second kappa shape index (κ2) is 19.3. The van der Waals surface area contributed by atoms with Crippen LogP contribution in [-0.4, -0.2) is 18.4 Å². The van der Waals surface area contributed by atoms with E-state index >= 15 is 0 Å². The van der Waals surface area contributed by atoms with Gasteiger partial charge in [-0.3, -0.25) is 0 Å². The van der Waals surface area contributed by atoms with Gasteiger partial charge in [0.1, 0.15) is 0 Å². The van der Waals surface area contributed by atoms with Gasteiger partial charge < -0.3 is 5.32 Å². The number of nitrogens with one attached hydrogen (secondary N) is 1. The minimum atomic E-state index is -4.94. The molecule has 13 heteroatoms. The minimum Gasteiger partial charge on any atom is -0.317 e. The minimum absolute atomic E-state index is 0. The van der Waals surface area contributed by atoms with Crippen LogP contribution >= 0.6 is 15.9 Å². The third-order valence-corrected chi connectivity index (χ3v) is 1.97. The predicted octanol–water partition coefficient (Wildman–Crippen LogP) is -6.96. The van der Waals surface area contributed by atoms with Gasteiger partial charge >= 0.3 is 16.8 Å². The smallest absolute Gasteiger partial charge is 0.317 e. The summed E-state index contributed by atoms with van der Waals surface area (Å²) >= 11 is 3.41. The van der Waals surface area contributed by atoms with Crippen LogP contribution in [0.4, 0.5) is 0 Å². The molecule has 0 saturated heterocycles. The standard InChI is InChI=1S/C8H18BrN.2ClHO4.Co/c1-2-7-10-8-5-3-4-6-9;2*2-1(3,4)5;/h10H,2-8H2,1H3;2*(H,2,3,4,5);/q;;;+2/p-2. The number of hydrogen-bond donors (Lipinski definition) is 1. The summed E-state index contributed by atoms with van der Waals surface area (Å²) in [6.07, 6.45) is 5.24. The first-order valence-corrected chi connectivity index (χ1v) is 9.01. The van der Waals surface area contributed by atoms with E-state index in [9.17, 15) is 0 Å². The van der Waals surface area contributed by atoms with Gasteiger partial charge in [0.05, 0.1) is 0 Å². The van der Waals surface area contributed by atoms with Crippen molar-refractivity contribution in [1.29, 1.82) is 0 Å². The van der Waals surface area contributed by atoms with Gasteiger partial charge in [-0.1, -0.05) is 29.3 Å². The van der Waals surface area contributed by atoms with E-state index in [1.807, 2.05) is 0 Å². The summed E-state index contributed by atoms with van der Waals surface area (Å²) in [6.45, 7) is 4.57. The van der Waals surface area contributed by atoms with Crippen LogP contribution in [0.2, 0.25) is 0 Å². The second-order valence-electron chi connectivity index (χ2n) is 3.26. The molecule has 0 aromatic carbocycles. The van der Waals surface area contributed by atoms with E-state index in [1.165, 1.54) is 38.8 Å². The Bertz CT molecular complexity index is 164. The Balaban J connectivity index is -0.000000112. The number of halogens is 3. The molecule has 0 spiro atoms. The van der Waals surface area contributed by atoms with Gasteiger partial charge in [0.2, 0.25) is 0 Å². The molecule has 0 heterocycles. The average Bonchev–Trinajstić information content (AvgIpc) is 2.18. The Labute approximate surface area is 146 Å². The number of unbranched alkanes of at least 4 members (excludes halogenated alkanes) is 2. The van der Waals surface area contributed by atoms with Crippen molar-refractivity contribution >= 4 is 15.9 Å². The van der Waals surface area contributed by atoms with Gasteiger partial charge in [0.25, 0.3) is 0 Å². The third-order valence-electron chi connectivity index (χ3n) is 1.41. The number of hydrogen-bond acceptors (Lipinski definition) is 9. The summed E-state index contributed by atoms with van der Waals surface area (Å²) in [5, 5.41) is 4.53. The van der Waals surface area contributed by atoms with E-state index in [0.717, 1.165) is 5.33 Å². The molecule has 133 valence electrons. The van der Waals surface area contributed by atoms with Crippen LogP contribution in [0.5, 0.6) is 0 Å². The van der Waals surface area contributed by atoms with E-state index in [0.29, 0.717) is 0 Å². The Kier molecular flexibility index (Phi) is 27.6. The van der Waals surface area contributed by atoms with Crippen molar-refractivity contribution in [3.8, 4) is 0 Å². The van der Waals surface area contributed by atoms with Crippen molar-refractivity contribution in [2.45, 2.75) is 32.6 Å². The Morgan fingerprint density at radius 2 is 1.14 bits per heavy atom. The van der Waals surface area contributed by atoms with Crippen LogP contribution < -0.4 is 42.6 Å². The predicted molar refractivity (Wildman–Crippen MR) is 50.8 cm³/mol. The molecule has 0 aliphatic rings. The molecule has 21 heavy (non-hydrogen) atoms. The first-order chi connectivity index (χ1) is 8.91. The van der Waals surface area contributed by atoms with Crippen LogP contribution in [-0.2, 0) is 16.8 Å². The molecule has 1 N–H and O–H groups in total. The Hall–Kier alpha value is 1.21. The maximum Gasteiger partial charge on any atom is 2.00 e. The molecule has 9 nitrogen and oxygen atoms in total. The van der Waals surface area contributed by atoms with E-state index in [1.54, 1.807) is 0 Å². The number of alkyl halides is 1. The normalized spacial score (nSPS) is 10.6. The first kappa shape index (κ1) is 30.1. The monoisotopic (exact) mass is 464 g/mol. The van der Waals surface area contributed by atoms with Crippen molar-refractivity contribution in [2.75, 3.05) is 18.4 Å². The fourth-order valence-corrected chi connectivity index (χ4v) is 1.22. The zero-order chi connectivity index (χ0) is 16.7. The van der Waals surface area contributed by atoms with Gasteiger partial charge in [-0.15, -0.1) is 20.5 Å². The maximum absolute atomic E-state index is 8.49. The fourth-order valence-electron chi connectivity index (χ4n) is 0.823. The van der Waals surface area contributed by atoms with Crippen molar-refractivity contribution in [3.05, 3.63) is 0 Å². The largest absolute Gasteiger partial charge is 2.00 e. The summed E-state index contributed by atoms with van der Waals surface area (Å²) in [5.41, 5.74) is 0. The van der Waals surface area contributed by atoms with Crippen LogP contribution in [0, 0.1) is 20.5 Å². The molecule has 0 aromatic rings. The third kappa shape index (κ3) is 116. The summed E-state index contributed by atoms with van der Waals surface area (Å²) in [7, 11) is -9.89. The maximum atomic E-state index is 8.49. The van der Waals surface area contributed by atoms with Crippen molar-refractivity contribution in [2.24, 2.45) is 0 Å². The summed E-state index contributed by atoms with van der Waals surface area (Å²) in [6, 6.07) is 0. The molecular weight excluding hydrogens is 448 g/mol. The first-order valence-electron chi connectivity index (χ1n) is 5.42. The molecule has 0 aromatic heterocycles. The van der Waals surface area contributed by atoms with Gasteiger partial charge in [-0.2, -0.15) is 0 Å². The Morgan fingerprint density at radius 3 is 1.43 bits per heavy atom.